The quantitative estimate of drug-likeness (QED) is 0.560. The molecule has 0 aliphatic carbocycles. The molecule has 0 atom stereocenters. The van der Waals surface area contributed by atoms with Gasteiger partial charge in [-0.25, -0.2) is 4.79 Å². The highest BCUT2D eigenvalue weighted by atomic mass is 16.5. The van der Waals surface area contributed by atoms with Crippen LogP contribution in [0.5, 0.6) is 0 Å². The van der Waals surface area contributed by atoms with Crippen LogP contribution in [0.3, 0.4) is 0 Å². The van der Waals surface area contributed by atoms with Crippen LogP contribution in [0, 0.1) is 6.92 Å². The van der Waals surface area contributed by atoms with Crippen LogP contribution >= 0.6 is 0 Å². The van der Waals surface area contributed by atoms with Gasteiger partial charge in [0.05, 0.1) is 13.7 Å². The lowest BCUT2D eigenvalue weighted by Gasteiger charge is -2.00. The third-order valence-corrected chi connectivity index (χ3v) is 2.10. The Morgan fingerprint density at radius 1 is 1.33 bits per heavy atom. The van der Waals surface area contributed by atoms with Gasteiger partial charge in [-0.3, -0.25) is 4.99 Å². The van der Waals surface area contributed by atoms with Crippen LogP contribution in [-0.2, 0) is 16.1 Å². The van der Waals surface area contributed by atoms with Gasteiger partial charge in [0.1, 0.15) is 5.71 Å². The molecule has 0 aliphatic rings. The monoisotopic (exact) mass is 205 g/mol. The van der Waals surface area contributed by atoms with Gasteiger partial charge in [0, 0.05) is 0 Å². The zero-order chi connectivity index (χ0) is 11.3. The molecule has 0 heterocycles. The summed E-state index contributed by atoms with van der Waals surface area (Å²) in [6.45, 7) is 4.20. The van der Waals surface area contributed by atoms with Crippen LogP contribution < -0.4 is 0 Å². The molecule has 0 N–H and O–H groups in total. The third-order valence-electron chi connectivity index (χ3n) is 2.10. The lowest BCUT2D eigenvalue weighted by molar-refractivity contribution is -0.132. The van der Waals surface area contributed by atoms with Crippen molar-refractivity contribution in [3.8, 4) is 0 Å². The largest absolute Gasteiger partial charge is 0.465 e. The number of ether oxygens (including phenoxy) is 1. The first-order valence-corrected chi connectivity index (χ1v) is 4.78. The van der Waals surface area contributed by atoms with E-state index in [1.54, 1.807) is 6.92 Å². The van der Waals surface area contributed by atoms with Crippen LogP contribution in [0.4, 0.5) is 0 Å². The minimum Gasteiger partial charge on any atom is -0.465 e. The first kappa shape index (κ1) is 11.4. The van der Waals surface area contributed by atoms with E-state index in [0.29, 0.717) is 12.3 Å². The summed E-state index contributed by atoms with van der Waals surface area (Å²) in [6.07, 6.45) is 0. The van der Waals surface area contributed by atoms with Crippen molar-refractivity contribution in [2.75, 3.05) is 7.11 Å². The average Bonchev–Trinajstić information content (AvgIpc) is 2.26. The van der Waals surface area contributed by atoms with Crippen molar-refractivity contribution in [1.29, 1.82) is 0 Å². The number of nitrogens with zero attached hydrogens (tertiary/aromatic N) is 1. The molecule has 0 radical (unpaired) electrons. The lowest BCUT2D eigenvalue weighted by atomic mass is 10.1. The van der Waals surface area contributed by atoms with Gasteiger partial charge in [0.25, 0.3) is 0 Å². The zero-order valence-corrected chi connectivity index (χ0v) is 9.28. The number of aryl methyl sites for hydroxylation is 1. The molecule has 0 unspecified atom stereocenters. The molecular formula is C12H15NO2. The lowest BCUT2D eigenvalue weighted by Crippen LogP contribution is -2.11. The molecule has 1 aromatic rings. The second-order valence-corrected chi connectivity index (χ2v) is 3.38. The Bertz CT molecular complexity index is 366. The highest BCUT2D eigenvalue weighted by Gasteiger charge is 2.03. The highest BCUT2D eigenvalue weighted by Crippen LogP contribution is 2.04. The molecule has 0 aromatic heterocycles. The van der Waals surface area contributed by atoms with Crippen molar-refractivity contribution in [2.45, 2.75) is 20.4 Å². The molecule has 15 heavy (non-hydrogen) atoms. The van der Waals surface area contributed by atoms with Crippen LogP contribution in [0.15, 0.2) is 29.3 Å². The average molecular weight is 205 g/mol. The maximum atomic E-state index is 11.0. The van der Waals surface area contributed by atoms with Crippen molar-refractivity contribution < 1.29 is 9.53 Å². The van der Waals surface area contributed by atoms with Crippen molar-refractivity contribution in [2.24, 2.45) is 4.99 Å². The van der Waals surface area contributed by atoms with E-state index in [9.17, 15) is 4.79 Å². The Balaban J connectivity index is 2.63. The second-order valence-electron chi connectivity index (χ2n) is 3.38. The standard InChI is InChI=1S/C12H15NO2/c1-9-4-6-11(7-5-9)8-13-10(2)12(14)15-3/h4-7H,8H2,1-3H3. The Kier molecular flexibility index (Phi) is 4.03. The van der Waals surface area contributed by atoms with Crippen molar-refractivity contribution in [3.05, 3.63) is 35.4 Å². The summed E-state index contributed by atoms with van der Waals surface area (Å²) in [7, 11) is 1.35. The Labute approximate surface area is 89.8 Å². The molecule has 3 heteroatoms. The van der Waals surface area contributed by atoms with Crippen molar-refractivity contribution >= 4 is 11.7 Å². The summed E-state index contributed by atoms with van der Waals surface area (Å²) in [5.74, 6) is -0.373. The predicted octanol–water partition coefficient (Wildman–Crippen LogP) is 2.13. The first-order chi connectivity index (χ1) is 7.13. The summed E-state index contributed by atoms with van der Waals surface area (Å²) in [4.78, 5) is 15.2. The van der Waals surface area contributed by atoms with Crippen LogP contribution in [0.2, 0.25) is 0 Å². The topological polar surface area (TPSA) is 38.7 Å². The number of benzene rings is 1. The Morgan fingerprint density at radius 3 is 2.47 bits per heavy atom. The van der Waals surface area contributed by atoms with E-state index >= 15 is 0 Å². The van der Waals surface area contributed by atoms with E-state index in [0.717, 1.165) is 5.56 Å². The van der Waals surface area contributed by atoms with E-state index < -0.39 is 0 Å². The van der Waals surface area contributed by atoms with E-state index in [1.807, 2.05) is 31.2 Å². The number of esters is 1. The highest BCUT2D eigenvalue weighted by molar-refractivity contribution is 6.35. The number of hydrogen-bond donors (Lipinski definition) is 0. The smallest absolute Gasteiger partial charge is 0.351 e. The summed E-state index contributed by atoms with van der Waals surface area (Å²) in [5.41, 5.74) is 2.70. The summed E-state index contributed by atoms with van der Waals surface area (Å²) >= 11 is 0. The normalized spacial score (nSPS) is 11.3. The minimum absolute atomic E-state index is 0.373. The van der Waals surface area contributed by atoms with Crippen molar-refractivity contribution in [3.63, 3.8) is 0 Å². The SMILES string of the molecule is COC(=O)C(C)=NCc1ccc(C)cc1. The molecule has 0 saturated heterocycles. The fourth-order valence-electron chi connectivity index (χ4n) is 1.12. The van der Waals surface area contributed by atoms with E-state index in [2.05, 4.69) is 9.73 Å². The number of aliphatic imine (C=N–C) groups is 1. The Hall–Kier alpha value is -1.64. The van der Waals surface area contributed by atoms with E-state index in [-0.39, 0.29) is 5.97 Å². The Morgan fingerprint density at radius 2 is 1.93 bits per heavy atom. The van der Waals surface area contributed by atoms with Crippen LogP contribution in [0.25, 0.3) is 0 Å². The maximum absolute atomic E-state index is 11.0. The predicted molar refractivity (Wildman–Crippen MR) is 60.0 cm³/mol. The zero-order valence-electron chi connectivity index (χ0n) is 9.28. The van der Waals surface area contributed by atoms with E-state index in [4.69, 9.17) is 0 Å². The molecule has 1 rings (SSSR count). The first-order valence-electron chi connectivity index (χ1n) is 4.78. The summed E-state index contributed by atoms with van der Waals surface area (Å²) < 4.78 is 4.55. The van der Waals surface area contributed by atoms with Gasteiger partial charge in [-0.2, -0.15) is 0 Å². The number of methoxy groups -OCH3 is 1. The maximum Gasteiger partial charge on any atom is 0.351 e. The molecular weight excluding hydrogens is 190 g/mol. The van der Waals surface area contributed by atoms with Gasteiger partial charge in [-0.1, -0.05) is 29.8 Å². The molecule has 0 aliphatic heterocycles. The van der Waals surface area contributed by atoms with Gasteiger partial charge >= 0.3 is 5.97 Å². The molecule has 0 fully saturated rings. The molecule has 3 nitrogen and oxygen atoms in total. The number of rotatable bonds is 3. The second kappa shape index (κ2) is 5.29. The van der Waals surface area contributed by atoms with Crippen LogP contribution in [0.1, 0.15) is 18.1 Å². The summed E-state index contributed by atoms with van der Waals surface area (Å²) in [5, 5.41) is 0. The third kappa shape index (κ3) is 3.54. The fraction of sp³-hybridized carbons (Fsp3) is 0.333. The fourth-order valence-corrected chi connectivity index (χ4v) is 1.12. The molecule has 0 spiro atoms. The minimum atomic E-state index is -0.373. The van der Waals surface area contributed by atoms with Gasteiger partial charge < -0.3 is 4.74 Å². The van der Waals surface area contributed by atoms with Gasteiger partial charge in [-0.15, -0.1) is 0 Å². The van der Waals surface area contributed by atoms with E-state index in [1.165, 1.54) is 12.7 Å². The van der Waals surface area contributed by atoms with Crippen molar-refractivity contribution in [1.82, 2.24) is 0 Å². The molecule has 0 bridgehead atoms. The molecule has 1 aromatic carbocycles. The number of carbonyl (C=O) groups is 1. The molecule has 0 amide bonds. The van der Waals surface area contributed by atoms with Gasteiger partial charge in [0.2, 0.25) is 0 Å². The number of carbonyl (C=O) groups excluding carboxylic acids is 1. The van der Waals surface area contributed by atoms with Gasteiger partial charge in [-0.05, 0) is 19.4 Å². The molecule has 0 saturated carbocycles. The van der Waals surface area contributed by atoms with Crippen LogP contribution in [-0.4, -0.2) is 18.8 Å². The summed E-state index contributed by atoms with van der Waals surface area (Å²) in [6, 6.07) is 8.06. The van der Waals surface area contributed by atoms with Gasteiger partial charge in [0.15, 0.2) is 0 Å². The number of hydrogen-bond acceptors (Lipinski definition) is 3. The molecule has 80 valence electrons.